The Morgan fingerprint density at radius 1 is 1.12 bits per heavy atom. The van der Waals surface area contributed by atoms with Crippen molar-refractivity contribution in [2.75, 3.05) is 13.1 Å². The molecule has 1 saturated heterocycles. The number of aromatic hydroxyl groups is 1. The van der Waals surface area contributed by atoms with Crippen molar-refractivity contribution < 1.29 is 18.3 Å². The van der Waals surface area contributed by atoms with Crippen molar-refractivity contribution in [2.45, 2.75) is 30.2 Å². The zero-order valence-corrected chi connectivity index (χ0v) is 15.2. The highest BCUT2D eigenvalue weighted by Crippen LogP contribution is 2.33. The van der Waals surface area contributed by atoms with E-state index >= 15 is 0 Å². The van der Waals surface area contributed by atoms with E-state index in [1.165, 1.54) is 12.1 Å². The number of benzene rings is 2. The van der Waals surface area contributed by atoms with Gasteiger partial charge in [-0.3, -0.25) is 4.79 Å². The summed E-state index contributed by atoms with van der Waals surface area (Å²) < 4.78 is 26.9. The van der Waals surface area contributed by atoms with Gasteiger partial charge < -0.3 is 10.0 Å². The van der Waals surface area contributed by atoms with Crippen LogP contribution in [0.5, 0.6) is 5.75 Å². The van der Waals surface area contributed by atoms with Crippen LogP contribution < -0.4 is 4.72 Å². The Balaban J connectivity index is 1.58. The fourth-order valence-corrected chi connectivity index (χ4v) is 4.28. The lowest BCUT2D eigenvalue weighted by atomic mass is 10.0. The molecule has 0 aromatic heterocycles. The molecule has 6 nitrogen and oxygen atoms in total. The van der Waals surface area contributed by atoms with Gasteiger partial charge in [-0.25, -0.2) is 13.1 Å². The van der Waals surface area contributed by atoms with Crippen LogP contribution in [0.1, 0.15) is 30.9 Å². The lowest BCUT2D eigenvalue weighted by Crippen LogP contribution is -2.34. The molecule has 2 N–H and O–H groups in total. The van der Waals surface area contributed by atoms with Crippen LogP contribution in [0.2, 0.25) is 0 Å². The standard InChI is InChI=1S/C19H22N2O4S/c22-16-10-8-15(9-11-16)18-7-4-14-21(18)19(23)12-13-20-26(24,25)17-5-2-1-3-6-17/h1-3,5-6,8-11,18,20,22H,4,7,12-14H2. The average molecular weight is 374 g/mol. The monoisotopic (exact) mass is 374 g/mol. The van der Waals surface area contributed by atoms with E-state index in [-0.39, 0.29) is 35.6 Å². The number of carbonyl (C=O) groups excluding carboxylic acids is 1. The predicted octanol–water partition coefficient (Wildman–Crippen LogP) is 2.42. The molecule has 1 heterocycles. The predicted molar refractivity (Wildman–Crippen MR) is 98.0 cm³/mol. The van der Waals surface area contributed by atoms with Gasteiger partial charge in [0, 0.05) is 19.5 Å². The summed E-state index contributed by atoms with van der Waals surface area (Å²) in [5, 5.41) is 9.42. The van der Waals surface area contributed by atoms with Gasteiger partial charge in [0.05, 0.1) is 10.9 Å². The van der Waals surface area contributed by atoms with Crippen molar-refractivity contribution in [2.24, 2.45) is 0 Å². The fourth-order valence-electron chi connectivity index (χ4n) is 3.23. The smallest absolute Gasteiger partial charge is 0.240 e. The molecule has 1 atom stereocenters. The first-order valence-corrected chi connectivity index (χ1v) is 10.1. The maximum Gasteiger partial charge on any atom is 0.240 e. The Morgan fingerprint density at radius 2 is 1.81 bits per heavy atom. The lowest BCUT2D eigenvalue weighted by Gasteiger charge is -2.25. The number of likely N-dealkylation sites (tertiary alicyclic amines) is 1. The number of nitrogens with one attached hydrogen (secondary N) is 1. The third-order valence-corrected chi connectivity index (χ3v) is 6.01. The molecule has 0 saturated carbocycles. The van der Waals surface area contributed by atoms with Gasteiger partial charge in [-0.15, -0.1) is 0 Å². The van der Waals surface area contributed by atoms with Gasteiger partial charge >= 0.3 is 0 Å². The Labute approximate surface area is 153 Å². The zero-order valence-electron chi connectivity index (χ0n) is 14.3. The molecule has 1 unspecified atom stereocenters. The third-order valence-electron chi connectivity index (χ3n) is 4.54. The molecule has 0 aliphatic carbocycles. The molecule has 1 aliphatic heterocycles. The van der Waals surface area contributed by atoms with E-state index in [2.05, 4.69) is 4.72 Å². The molecule has 2 aromatic carbocycles. The second kappa shape index (κ2) is 7.88. The van der Waals surface area contributed by atoms with E-state index in [9.17, 15) is 18.3 Å². The van der Waals surface area contributed by atoms with Crippen LogP contribution in [0.15, 0.2) is 59.5 Å². The minimum absolute atomic E-state index is 0.0196. The number of phenolic OH excluding ortho intramolecular Hbond substituents is 1. The van der Waals surface area contributed by atoms with Gasteiger partial charge in [-0.05, 0) is 42.7 Å². The van der Waals surface area contributed by atoms with Gasteiger partial charge in [0.1, 0.15) is 5.75 Å². The van der Waals surface area contributed by atoms with E-state index in [0.29, 0.717) is 6.54 Å². The number of rotatable bonds is 6. The molecule has 3 rings (SSSR count). The average Bonchev–Trinajstić information content (AvgIpc) is 3.13. The zero-order chi connectivity index (χ0) is 18.6. The van der Waals surface area contributed by atoms with Crippen molar-refractivity contribution in [3.05, 3.63) is 60.2 Å². The van der Waals surface area contributed by atoms with Gasteiger partial charge in [-0.2, -0.15) is 0 Å². The van der Waals surface area contributed by atoms with Crippen LogP contribution in [-0.2, 0) is 14.8 Å². The van der Waals surface area contributed by atoms with Crippen molar-refractivity contribution in [3.8, 4) is 5.75 Å². The Kier molecular flexibility index (Phi) is 5.58. The molecule has 1 amide bonds. The van der Waals surface area contributed by atoms with E-state index in [0.717, 1.165) is 18.4 Å². The molecule has 26 heavy (non-hydrogen) atoms. The first-order chi connectivity index (χ1) is 12.5. The van der Waals surface area contributed by atoms with Crippen LogP contribution in [0.3, 0.4) is 0 Å². The number of sulfonamides is 1. The maximum absolute atomic E-state index is 12.6. The lowest BCUT2D eigenvalue weighted by molar-refractivity contribution is -0.131. The van der Waals surface area contributed by atoms with Crippen molar-refractivity contribution in [1.82, 2.24) is 9.62 Å². The second-order valence-corrected chi connectivity index (χ2v) is 8.06. The number of carbonyl (C=O) groups is 1. The van der Waals surface area contributed by atoms with Gasteiger partial charge in [0.2, 0.25) is 15.9 Å². The van der Waals surface area contributed by atoms with Crippen LogP contribution in [0.25, 0.3) is 0 Å². The molecule has 1 fully saturated rings. The van der Waals surface area contributed by atoms with Crippen molar-refractivity contribution in [3.63, 3.8) is 0 Å². The van der Waals surface area contributed by atoms with E-state index in [1.807, 2.05) is 12.1 Å². The summed E-state index contributed by atoms with van der Waals surface area (Å²) >= 11 is 0. The number of amides is 1. The largest absolute Gasteiger partial charge is 0.508 e. The van der Waals surface area contributed by atoms with E-state index in [4.69, 9.17) is 0 Å². The van der Waals surface area contributed by atoms with Gasteiger partial charge in [0.25, 0.3) is 0 Å². The minimum atomic E-state index is -3.60. The van der Waals surface area contributed by atoms with Crippen LogP contribution in [0.4, 0.5) is 0 Å². The fraction of sp³-hybridized carbons (Fsp3) is 0.316. The third kappa shape index (κ3) is 4.23. The Morgan fingerprint density at radius 3 is 2.50 bits per heavy atom. The highest BCUT2D eigenvalue weighted by molar-refractivity contribution is 7.89. The summed E-state index contributed by atoms with van der Waals surface area (Å²) in [6.07, 6.45) is 1.89. The molecule has 0 spiro atoms. The van der Waals surface area contributed by atoms with Crippen molar-refractivity contribution in [1.29, 1.82) is 0 Å². The van der Waals surface area contributed by atoms with Crippen LogP contribution >= 0.6 is 0 Å². The topological polar surface area (TPSA) is 86.7 Å². The van der Waals surface area contributed by atoms with E-state index < -0.39 is 10.0 Å². The summed E-state index contributed by atoms with van der Waals surface area (Å²) in [7, 11) is -3.60. The summed E-state index contributed by atoms with van der Waals surface area (Å²) in [4.78, 5) is 14.5. The Hall–Kier alpha value is -2.38. The SMILES string of the molecule is O=C(CCNS(=O)(=O)c1ccccc1)N1CCCC1c1ccc(O)cc1. The molecule has 1 aliphatic rings. The highest BCUT2D eigenvalue weighted by atomic mass is 32.2. The minimum Gasteiger partial charge on any atom is -0.508 e. The molecule has 138 valence electrons. The first-order valence-electron chi connectivity index (χ1n) is 8.60. The number of phenols is 1. The van der Waals surface area contributed by atoms with Crippen LogP contribution in [-0.4, -0.2) is 37.4 Å². The molecule has 0 radical (unpaired) electrons. The summed E-state index contributed by atoms with van der Waals surface area (Å²) in [6.45, 7) is 0.727. The number of hydrogen-bond donors (Lipinski definition) is 2. The Bertz CT molecular complexity index is 851. The first kappa shape index (κ1) is 18.4. The highest BCUT2D eigenvalue weighted by Gasteiger charge is 2.29. The van der Waals surface area contributed by atoms with Crippen molar-refractivity contribution >= 4 is 15.9 Å². The van der Waals surface area contributed by atoms with Gasteiger partial charge in [0.15, 0.2) is 0 Å². The molecule has 7 heteroatoms. The molecule has 2 aromatic rings. The summed E-state index contributed by atoms with van der Waals surface area (Å²) in [6, 6.07) is 15.0. The molecular weight excluding hydrogens is 352 g/mol. The van der Waals surface area contributed by atoms with Gasteiger partial charge in [-0.1, -0.05) is 30.3 Å². The van der Waals surface area contributed by atoms with Crippen LogP contribution in [0, 0.1) is 0 Å². The maximum atomic E-state index is 12.6. The number of nitrogens with zero attached hydrogens (tertiary/aromatic N) is 1. The quantitative estimate of drug-likeness (QED) is 0.813. The second-order valence-electron chi connectivity index (χ2n) is 6.30. The normalized spacial score (nSPS) is 17.4. The number of hydrogen-bond acceptors (Lipinski definition) is 4. The molecular formula is C19H22N2O4S. The summed E-state index contributed by atoms with van der Waals surface area (Å²) in [5.74, 6) is 0.122. The molecule has 0 bridgehead atoms. The summed E-state index contributed by atoms with van der Waals surface area (Å²) in [5.41, 5.74) is 0.985. The van der Waals surface area contributed by atoms with E-state index in [1.54, 1.807) is 35.2 Å².